The molecule has 2 aromatic rings. The number of aromatic nitrogens is 4. The Hall–Kier alpha value is -2.15. The van der Waals surface area contributed by atoms with E-state index in [-0.39, 0.29) is 0 Å². The third kappa shape index (κ3) is 2.69. The maximum Gasteiger partial charge on any atom is 0.222 e. The first-order valence-electron chi connectivity index (χ1n) is 7.14. The highest BCUT2D eigenvalue weighted by atomic mass is 15.3. The van der Waals surface area contributed by atoms with Gasteiger partial charge >= 0.3 is 0 Å². The lowest BCUT2D eigenvalue weighted by Gasteiger charge is -2.18. The molecule has 0 radical (unpaired) electrons. The van der Waals surface area contributed by atoms with E-state index in [1.54, 1.807) is 4.68 Å². The maximum atomic E-state index is 5.90. The van der Waals surface area contributed by atoms with Gasteiger partial charge in [-0.25, -0.2) is 4.98 Å². The molecule has 1 fully saturated rings. The first kappa shape index (κ1) is 13.8. The van der Waals surface area contributed by atoms with E-state index in [0.29, 0.717) is 12.0 Å². The van der Waals surface area contributed by atoms with Gasteiger partial charge in [-0.3, -0.25) is 4.68 Å². The van der Waals surface area contributed by atoms with Gasteiger partial charge in [-0.2, -0.15) is 10.1 Å². The highest BCUT2D eigenvalue weighted by Gasteiger charge is 2.23. The van der Waals surface area contributed by atoms with E-state index in [4.69, 9.17) is 5.73 Å². The summed E-state index contributed by atoms with van der Waals surface area (Å²) in [5.74, 6) is 1.19. The molecule has 0 aromatic carbocycles. The summed E-state index contributed by atoms with van der Waals surface area (Å²) in [5.41, 5.74) is 8.66. The molecule has 1 atom stereocenters. The number of hydrogen-bond donors (Lipinski definition) is 2. The van der Waals surface area contributed by atoms with Gasteiger partial charge in [-0.15, -0.1) is 0 Å². The summed E-state index contributed by atoms with van der Waals surface area (Å²) in [6.07, 6.45) is 3.07. The summed E-state index contributed by atoms with van der Waals surface area (Å²) < 4.78 is 1.79. The molecule has 7 heteroatoms. The average Bonchev–Trinajstić information content (AvgIpc) is 3.04. The molecule has 7 nitrogen and oxygen atoms in total. The highest BCUT2D eigenvalue weighted by Crippen LogP contribution is 2.26. The Bertz CT molecular complexity index is 649. The van der Waals surface area contributed by atoms with Gasteiger partial charge in [-0.1, -0.05) is 0 Å². The van der Waals surface area contributed by atoms with Crippen LogP contribution in [-0.4, -0.2) is 45.9 Å². The fraction of sp³-hybridized carbons (Fsp3) is 0.500. The largest absolute Gasteiger partial charge is 0.368 e. The van der Waals surface area contributed by atoms with Crippen LogP contribution in [0.1, 0.15) is 12.1 Å². The van der Waals surface area contributed by atoms with Crippen LogP contribution in [0.4, 0.5) is 11.8 Å². The summed E-state index contributed by atoms with van der Waals surface area (Å²) in [5, 5.41) is 7.67. The molecule has 0 unspecified atom stereocenters. The molecular weight excluding hydrogens is 266 g/mol. The quantitative estimate of drug-likeness (QED) is 0.858. The van der Waals surface area contributed by atoms with Crippen molar-refractivity contribution in [3.8, 4) is 11.3 Å². The number of likely N-dealkylation sites (N-methyl/N-ethyl adjacent to an activating group) is 1. The van der Waals surface area contributed by atoms with Crippen molar-refractivity contribution in [2.24, 2.45) is 7.05 Å². The monoisotopic (exact) mass is 287 g/mol. The number of anilines is 2. The second kappa shape index (κ2) is 5.33. The Balaban J connectivity index is 1.95. The number of nitrogens with one attached hydrogen (secondary N) is 1. The number of nitrogen functional groups attached to an aromatic ring is 1. The minimum atomic E-state index is 0.304. The van der Waals surface area contributed by atoms with E-state index in [0.717, 1.165) is 42.3 Å². The smallest absolute Gasteiger partial charge is 0.222 e. The lowest BCUT2D eigenvalue weighted by atomic mass is 10.2. The van der Waals surface area contributed by atoms with E-state index in [9.17, 15) is 0 Å². The number of aryl methyl sites for hydroxylation is 2. The van der Waals surface area contributed by atoms with Crippen LogP contribution < -0.4 is 16.0 Å². The van der Waals surface area contributed by atoms with Crippen LogP contribution in [0.15, 0.2) is 12.3 Å². The van der Waals surface area contributed by atoms with Gasteiger partial charge in [0.1, 0.15) is 5.82 Å². The van der Waals surface area contributed by atoms with Crippen molar-refractivity contribution in [2.75, 3.05) is 30.8 Å². The Labute approximate surface area is 124 Å². The van der Waals surface area contributed by atoms with Gasteiger partial charge in [0, 0.05) is 44.0 Å². The molecule has 3 N–H and O–H groups in total. The molecule has 0 saturated carbocycles. The van der Waals surface area contributed by atoms with Gasteiger partial charge in [0.15, 0.2) is 0 Å². The summed E-state index contributed by atoms with van der Waals surface area (Å²) in [6.45, 7) is 3.89. The van der Waals surface area contributed by atoms with Crippen LogP contribution in [-0.2, 0) is 7.05 Å². The summed E-state index contributed by atoms with van der Waals surface area (Å²) in [7, 11) is 3.90. The number of nitrogens with zero attached hydrogens (tertiary/aromatic N) is 5. The minimum Gasteiger partial charge on any atom is -0.368 e. The maximum absolute atomic E-state index is 5.90. The molecule has 1 aliphatic rings. The van der Waals surface area contributed by atoms with E-state index >= 15 is 0 Å². The number of nitrogens with two attached hydrogens (primary N) is 1. The zero-order chi connectivity index (χ0) is 15.0. The van der Waals surface area contributed by atoms with Gasteiger partial charge in [0.05, 0.1) is 11.4 Å². The second-order valence-corrected chi connectivity index (χ2v) is 5.49. The summed E-state index contributed by atoms with van der Waals surface area (Å²) in [6, 6.07) is 2.50. The fourth-order valence-corrected chi connectivity index (χ4v) is 2.81. The molecule has 21 heavy (non-hydrogen) atoms. The Morgan fingerprint density at radius 1 is 1.38 bits per heavy atom. The first-order valence-corrected chi connectivity index (χ1v) is 7.14. The van der Waals surface area contributed by atoms with Gasteiger partial charge in [0.2, 0.25) is 5.95 Å². The molecule has 0 bridgehead atoms. The summed E-state index contributed by atoms with van der Waals surface area (Å²) in [4.78, 5) is 11.0. The zero-order valence-electron chi connectivity index (χ0n) is 12.7. The van der Waals surface area contributed by atoms with E-state index in [2.05, 4.69) is 25.3 Å². The second-order valence-electron chi connectivity index (χ2n) is 5.49. The van der Waals surface area contributed by atoms with Crippen LogP contribution >= 0.6 is 0 Å². The predicted octanol–water partition coefficient (Wildman–Crippen LogP) is 0.566. The minimum absolute atomic E-state index is 0.304. The zero-order valence-corrected chi connectivity index (χ0v) is 12.7. The van der Waals surface area contributed by atoms with Crippen molar-refractivity contribution in [3.63, 3.8) is 0 Å². The molecule has 2 aromatic heterocycles. The molecular formula is C14H21N7. The third-order valence-corrected chi connectivity index (χ3v) is 3.94. The van der Waals surface area contributed by atoms with Crippen LogP contribution in [0.2, 0.25) is 0 Å². The Morgan fingerprint density at radius 3 is 2.81 bits per heavy atom. The third-order valence-electron chi connectivity index (χ3n) is 3.94. The number of hydrogen-bond acceptors (Lipinski definition) is 6. The van der Waals surface area contributed by atoms with Gasteiger partial charge in [-0.05, 0) is 20.4 Å². The average molecular weight is 287 g/mol. The highest BCUT2D eigenvalue weighted by molar-refractivity contribution is 5.66. The number of rotatable bonds is 3. The lowest BCUT2D eigenvalue weighted by molar-refractivity contribution is 0.616. The van der Waals surface area contributed by atoms with E-state index in [1.807, 2.05) is 33.3 Å². The van der Waals surface area contributed by atoms with E-state index in [1.165, 1.54) is 0 Å². The molecule has 0 amide bonds. The van der Waals surface area contributed by atoms with Crippen molar-refractivity contribution in [2.45, 2.75) is 19.4 Å². The van der Waals surface area contributed by atoms with E-state index < -0.39 is 0 Å². The lowest BCUT2D eigenvalue weighted by Crippen LogP contribution is -2.30. The normalized spacial score (nSPS) is 18.4. The van der Waals surface area contributed by atoms with Crippen molar-refractivity contribution in [1.82, 2.24) is 25.1 Å². The fourth-order valence-electron chi connectivity index (χ4n) is 2.81. The Kier molecular flexibility index (Phi) is 3.50. The SMILES string of the molecule is CN[C@@H]1CCN(c2cc(-c3cn(C)nc3C)nc(N)n2)C1. The summed E-state index contributed by atoms with van der Waals surface area (Å²) >= 11 is 0. The molecule has 1 saturated heterocycles. The molecule has 112 valence electrons. The molecule has 3 rings (SSSR count). The van der Waals surface area contributed by atoms with Gasteiger partial charge in [0.25, 0.3) is 0 Å². The van der Waals surface area contributed by atoms with Crippen LogP contribution in [0.5, 0.6) is 0 Å². The molecule has 1 aliphatic heterocycles. The van der Waals surface area contributed by atoms with Crippen molar-refractivity contribution < 1.29 is 0 Å². The topological polar surface area (TPSA) is 84.9 Å². The molecule has 0 spiro atoms. The van der Waals surface area contributed by atoms with Crippen LogP contribution in [0, 0.1) is 6.92 Å². The van der Waals surface area contributed by atoms with Crippen LogP contribution in [0.3, 0.4) is 0 Å². The van der Waals surface area contributed by atoms with Crippen LogP contribution in [0.25, 0.3) is 11.3 Å². The van der Waals surface area contributed by atoms with Crippen molar-refractivity contribution in [3.05, 3.63) is 18.0 Å². The first-order chi connectivity index (χ1) is 10.1. The van der Waals surface area contributed by atoms with Crippen molar-refractivity contribution >= 4 is 11.8 Å². The Morgan fingerprint density at radius 2 is 2.19 bits per heavy atom. The molecule has 3 heterocycles. The molecule has 0 aliphatic carbocycles. The van der Waals surface area contributed by atoms with Crippen molar-refractivity contribution in [1.29, 1.82) is 0 Å². The van der Waals surface area contributed by atoms with Gasteiger partial charge < -0.3 is 16.0 Å². The predicted molar refractivity (Wildman–Crippen MR) is 83.1 cm³/mol. The standard InChI is InChI=1S/C14H21N7/c1-9-11(8-20(3)19-9)12-6-13(18-14(15)17-12)21-5-4-10(7-21)16-2/h6,8,10,16H,4-5,7H2,1-3H3,(H2,15,17,18)/t10-/m1/s1.